The molecule has 1 aliphatic heterocycles. The highest BCUT2D eigenvalue weighted by molar-refractivity contribution is 5.95. The van der Waals surface area contributed by atoms with Crippen LogP contribution in [0.5, 0.6) is 0 Å². The molecule has 136 valence electrons. The second-order valence-corrected chi connectivity index (χ2v) is 6.61. The molecule has 1 amide bonds. The molecule has 2 fully saturated rings. The Hall–Kier alpha value is -1.63. The predicted molar refractivity (Wildman–Crippen MR) is 101 cm³/mol. The average molecular weight is 384 g/mol. The van der Waals surface area contributed by atoms with Crippen molar-refractivity contribution in [1.82, 2.24) is 20.1 Å². The monoisotopic (exact) mass is 383 g/mol. The molecule has 2 aromatic rings. The van der Waals surface area contributed by atoms with Crippen LogP contribution in [0.4, 0.5) is 5.69 Å². The summed E-state index contributed by atoms with van der Waals surface area (Å²) in [6, 6.07) is 7.91. The number of para-hydroxylation sites is 1. The number of rotatable bonds is 4. The molecule has 1 aliphatic carbocycles. The van der Waals surface area contributed by atoms with Gasteiger partial charge >= 0.3 is 0 Å². The van der Waals surface area contributed by atoms with Gasteiger partial charge in [0.15, 0.2) is 0 Å². The van der Waals surface area contributed by atoms with Crippen molar-refractivity contribution in [2.75, 3.05) is 18.4 Å². The Morgan fingerprint density at radius 1 is 1.28 bits per heavy atom. The molecular weight excluding hydrogens is 361 g/mol. The average Bonchev–Trinajstić information content (AvgIpc) is 3.02. The van der Waals surface area contributed by atoms with E-state index in [0.717, 1.165) is 43.6 Å². The van der Waals surface area contributed by atoms with Crippen LogP contribution in [0.15, 0.2) is 36.9 Å². The minimum atomic E-state index is 0. The number of benzene rings is 1. The fourth-order valence-electron chi connectivity index (χ4n) is 3.68. The summed E-state index contributed by atoms with van der Waals surface area (Å²) in [5, 5.41) is 10.6. The van der Waals surface area contributed by atoms with Gasteiger partial charge in [-0.1, -0.05) is 18.2 Å². The molecule has 1 saturated carbocycles. The topological polar surface area (TPSA) is 71.8 Å². The fraction of sp³-hybridized carbons (Fsp3) is 0.471. The zero-order valence-electron chi connectivity index (χ0n) is 13.9. The first-order chi connectivity index (χ1) is 11.3. The third-order valence-electron chi connectivity index (χ3n) is 5.18. The summed E-state index contributed by atoms with van der Waals surface area (Å²) in [7, 11) is 0. The van der Waals surface area contributed by atoms with Crippen LogP contribution in [0.1, 0.15) is 24.8 Å². The zero-order chi connectivity index (χ0) is 15.7. The standard InChI is InChI=1S/C17H21N5O.2ClH/c23-16(14-9-17(14)5-7-18-8-6-17)21-15-4-2-1-3-13(15)10-22-12-19-11-20-22;;/h1-4,11-12,14,18H,5-10H2,(H,21,23);2*1H. The van der Waals surface area contributed by atoms with Gasteiger partial charge in [-0.2, -0.15) is 5.10 Å². The predicted octanol–water partition coefficient (Wildman–Crippen LogP) is 2.50. The van der Waals surface area contributed by atoms with Crippen LogP contribution in [0.25, 0.3) is 0 Å². The molecule has 2 heterocycles. The maximum atomic E-state index is 12.6. The summed E-state index contributed by atoms with van der Waals surface area (Å²) < 4.78 is 1.76. The van der Waals surface area contributed by atoms with Gasteiger partial charge in [-0.3, -0.25) is 4.79 Å². The van der Waals surface area contributed by atoms with Crippen LogP contribution in [0.2, 0.25) is 0 Å². The van der Waals surface area contributed by atoms with Crippen LogP contribution in [-0.4, -0.2) is 33.8 Å². The highest BCUT2D eigenvalue weighted by Crippen LogP contribution is 2.58. The number of carbonyl (C=O) groups excluding carboxylic acids is 1. The summed E-state index contributed by atoms with van der Waals surface area (Å²) in [5.41, 5.74) is 2.19. The molecule has 6 nitrogen and oxygen atoms in total. The molecular formula is C17H23Cl2N5O. The summed E-state index contributed by atoms with van der Waals surface area (Å²) in [5.74, 6) is 0.335. The van der Waals surface area contributed by atoms with Crippen molar-refractivity contribution in [3.05, 3.63) is 42.5 Å². The van der Waals surface area contributed by atoms with Gasteiger partial charge in [0.25, 0.3) is 0 Å². The van der Waals surface area contributed by atoms with Gasteiger partial charge < -0.3 is 10.6 Å². The largest absolute Gasteiger partial charge is 0.326 e. The minimum Gasteiger partial charge on any atom is -0.326 e. The Kier molecular flexibility index (Phi) is 6.43. The lowest BCUT2D eigenvalue weighted by molar-refractivity contribution is -0.118. The molecule has 4 rings (SSSR count). The lowest BCUT2D eigenvalue weighted by Gasteiger charge is -2.23. The number of carbonyl (C=O) groups is 1. The summed E-state index contributed by atoms with van der Waals surface area (Å²) in [4.78, 5) is 16.6. The molecule has 2 aliphatic rings. The molecule has 8 heteroatoms. The Morgan fingerprint density at radius 2 is 2.04 bits per heavy atom. The smallest absolute Gasteiger partial charge is 0.228 e. The van der Waals surface area contributed by atoms with E-state index in [1.54, 1.807) is 11.0 Å². The van der Waals surface area contributed by atoms with E-state index in [1.165, 1.54) is 6.33 Å². The van der Waals surface area contributed by atoms with Crippen LogP contribution in [0.3, 0.4) is 0 Å². The lowest BCUT2D eigenvalue weighted by Crippen LogP contribution is -2.31. The Balaban J connectivity index is 0.00000113. The highest BCUT2D eigenvalue weighted by Gasteiger charge is 2.57. The van der Waals surface area contributed by atoms with Crippen LogP contribution in [0, 0.1) is 11.3 Å². The normalized spacial score (nSPS) is 20.2. The third kappa shape index (κ3) is 4.14. The van der Waals surface area contributed by atoms with Crippen molar-refractivity contribution in [2.45, 2.75) is 25.8 Å². The van der Waals surface area contributed by atoms with E-state index in [2.05, 4.69) is 20.7 Å². The van der Waals surface area contributed by atoms with Crippen LogP contribution < -0.4 is 10.6 Å². The molecule has 1 unspecified atom stereocenters. The number of amides is 1. The van der Waals surface area contributed by atoms with Gasteiger partial charge in [-0.25, -0.2) is 9.67 Å². The molecule has 2 N–H and O–H groups in total. The quantitative estimate of drug-likeness (QED) is 0.850. The van der Waals surface area contributed by atoms with Gasteiger partial charge in [0.05, 0.1) is 6.54 Å². The molecule has 0 radical (unpaired) electrons. The van der Waals surface area contributed by atoms with Gasteiger partial charge in [0.2, 0.25) is 5.91 Å². The molecule has 25 heavy (non-hydrogen) atoms. The summed E-state index contributed by atoms with van der Waals surface area (Å²) in [6.45, 7) is 2.68. The molecule has 1 atom stereocenters. The first-order valence-electron chi connectivity index (χ1n) is 8.19. The van der Waals surface area contributed by atoms with E-state index in [4.69, 9.17) is 0 Å². The van der Waals surface area contributed by atoms with Crippen LogP contribution in [-0.2, 0) is 11.3 Å². The SMILES string of the molecule is Cl.Cl.O=C(Nc1ccccc1Cn1cncn1)C1CC12CCNCC2. The van der Waals surface area contributed by atoms with Gasteiger partial charge in [0, 0.05) is 11.6 Å². The number of halogens is 2. The number of nitrogens with zero attached hydrogens (tertiary/aromatic N) is 3. The number of nitrogens with one attached hydrogen (secondary N) is 2. The minimum absolute atomic E-state index is 0. The lowest BCUT2D eigenvalue weighted by atomic mass is 9.91. The first-order valence-corrected chi connectivity index (χ1v) is 8.19. The second-order valence-electron chi connectivity index (χ2n) is 6.61. The molecule has 1 spiro atoms. The van der Waals surface area contributed by atoms with E-state index in [0.29, 0.717) is 6.54 Å². The Bertz CT molecular complexity index is 701. The van der Waals surface area contributed by atoms with E-state index >= 15 is 0 Å². The molecule has 0 bridgehead atoms. The number of hydrogen-bond donors (Lipinski definition) is 2. The zero-order valence-corrected chi connectivity index (χ0v) is 15.5. The molecule has 1 saturated heterocycles. The number of hydrogen-bond acceptors (Lipinski definition) is 4. The molecule has 1 aromatic heterocycles. The van der Waals surface area contributed by atoms with Crippen molar-refractivity contribution in [3.63, 3.8) is 0 Å². The first kappa shape index (κ1) is 19.7. The van der Waals surface area contributed by atoms with E-state index in [1.807, 2.05) is 24.3 Å². The second kappa shape index (κ2) is 8.17. The summed E-state index contributed by atoms with van der Waals surface area (Å²) >= 11 is 0. The van der Waals surface area contributed by atoms with Crippen molar-refractivity contribution >= 4 is 36.4 Å². The van der Waals surface area contributed by atoms with Gasteiger partial charge in [-0.05, 0) is 49.4 Å². The van der Waals surface area contributed by atoms with Gasteiger partial charge in [0.1, 0.15) is 12.7 Å². The van der Waals surface area contributed by atoms with Crippen LogP contribution >= 0.6 is 24.8 Å². The number of piperidine rings is 1. The summed E-state index contributed by atoms with van der Waals surface area (Å²) in [6.07, 6.45) is 6.47. The number of aromatic nitrogens is 3. The highest BCUT2D eigenvalue weighted by atomic mass is 35.5. The van der Waals surface area contributed by atoms with Crippen molar-refractivity contribution in [2.24, 2.45) is 11.3 Å². The van der Waals surface area contributed by atoms with Crippen molar-refractivity contribution in [1.29, 1.82) is 0 Å². The maximum Gasteiger partial charge on any atom is 0.228 e. The van der Waals surface area contributed by atoms with E-state index < -0.39 is 0 Å². The van der Waals surface area contributed by atoms with Crippen molar-refractivity contribution in [3.8, 4) is 0 Å². The Labute approximate surface area is 159 Å². The maximum absolute atomic E-state index is 12.6. The number of anilines is 1. The van der Waals surface area contributed by atoms with Crippen molar-refractivity contribution < 1.29 is 4.79 Å². The fourth-order valence-corrected chi connectivity index (χ4v) is 3.68. The third-order valence-corrected chi connectivity index (χ3v) is 5.18. The van der Waals surface area contributed by atoms with E-state index in [9.17, 15) is 4.79 Å². The van der Waals surface area contributed by atoms with Gasteiger partial charge in [-0.15, -0.1) is 24.8 Å². The Morgan fingerprint density at radius 3 is 2.76 bits per heavy atom. The van der Waals surface area contributed by atoms with E-state index in [-0.39, 0.29) is 42.1 Å². The molecule has 1 aromatic carbocycles.